The number of carbonyl (C=O) groups excluding carboxylic acids is 1. The van der Waals surface area contributed by atoms with E-state index in [1.807, 2.05) is 0 Å². The fourth-order valence-corrected chi connectivity index (χ4v) is 4.48. The van der Waals surface area contributed by atoms with Crippen molar-refractivity contribution in [1.82, 2.24) is 23.8 Å². The predicted molar refractivity (Wildman–Crippen MR) is 103 cm³/mol. The van der Waals surface area contributed by atoms with E-state index in [0.29, 0.717) is 69.4 Å². The second-order valence-corrected chi connectivity index (χ2v) is 9.14. The summed E-state index contributed by atoms with van der Waals surface area (Å²) < 4.78 is 31.6. The van der Waals surface area contributed by atoms with Gasteiger partial charge in [-0.05, 0) is 17.7 Å². The monoisotopic (exact) mass is 428 g/mol. The van der Waals surface area contributed by atoms with E-state index in [4.69, 9.17) is 16.3 Å². The van der Waals surface area contributed by atoms with E-state index in [-0.39, 0.29) is 11.2 Å². The third-order valence-corrected chi connectivity index (χ3v) is 6.43. The topological polar surface area (TPSA) is 100 Å². The number of fused-ring (bicyclic) bond motifs is 1. The number of amides is 1. The third-order valence-electron chi connectivity index (χ3n) is 4.97. The molecule has 0 atom stereocenters. The summed E-state index contributed by atoms with van der Waals surface area (Å²) in [4.78, 5) is 21.0. The molecule has 2 aromatic heterocycles. The average Bonchev–Trinajstić information content (AvgIpc) is 3.10. The maximum Gasteiger partial charge on any atom is 0.255 e. The Morgan fingerprint density at radius 1 is 1.14 bits per heavy atom. The van der Waals surface area contributed by atoms with Crippen molar-refractivity contribution < 1.29 is 17.9 Å². The number of morpholine rings is 1. The van der Waals surface area contributed by atoms with Gasteiger partial charge >= 0.3 is 0 Å². The lowest BCUT2D eigenvalue weighted by Gasteiger charge is -2.33. The third kappa shape index (κ3) is 3.79. The van der Waals surface area contributed by atoms with Crippen LogP contribution in [0.1, 0.15) is 10.4 Å². The summed E-state index contributed by atoms with van der Waals surface area (Å²) in [6.07, 6.45) is 2.82. The standard InChI is InChI=1S/C16H21ClN6O4S/c1-28(25,26)22-4-2-21(3-5-22)15(24)12-10-13-14(20-6-8-27-9-7-20)18-16(17)19-23(13)11-12/h10-11H,2-9H2,1H3. The number of ether oxygens (including phenoxy) is 1. The summed E-state index contributed by atoms with van der Waals surface area (Å²) in [6.45, 7) is 3.86. The number of piperazine rings is 1. The van der Waals surface area contributed by atoms with Gasteiger partial charge in [0.1, 0.15) is 5.52 Å². The Hall–Kier alpha value is -1.95. The largest absolute Gasteiger partial charge is 0.378 e. The average molecular weight is 429 g/mol. The van der Waals surface area contributed by atoms with E-state index in [1.54, 1.807) is 21.7 Å². The molecule has 0 saturated carbocycles. The fraction of sp³-hybridized carbons (Fsp3) is 0.562. The Bertz CT molecular complexity index is 996. The predicted octanol–water partition coefficient (Wildman–Crippen LogP) is -0.0633. The number of hydrogen-bond donors (Lipinski definition) is 0. The summed E-state index contributed by atoms with van der Waals surface area (Å²) in [5, 5.41) is 4.28. The molecule has 0 unspecified atom stereocenters. The van der Waals surface area contributed by atoms with Crippen LogP contribution in [0.3, 0.4) is 0 Å². The number of rotatable bonds is 3. The Morgan fingerprint density at radius 2 is 1.82 bits per heavy atom. The van der Waals surface area contributed by atoms with Crippen LogP contribution >= 0.6 is 11.6 Å². The van der Waals surface area contributed by atoms with E-state index >= 15 is 0 Å². The first-order chi connectivity index (χ1) is 13.3. The van der Waals surface area contributed by atoms with Crippen LogP contribution in [-0.4, -0.2) is 96.9 Å². The molecule has 2 aromatic rings. The molecule has 0 N–H and O–H groups in total. The maximum atomic E-state index is 12.9. The second kappa shape index (κ2) is 7.47. The van der Waals surface area contributed by atoms with Crippen LogP contribution in [0.2, 0.25) is 5.28 Å². The zero-order valence-corrected chi connectivity index (χ0v) is 17.0. The number of hydrogen-bond acceptors (Lipinski definition) is 7. The molecule has 10 nitrogen and oxygen atoms in total. The van der Waals surface area contributed by atoms with Gasteiger partial charge in [-0.25, -0.2) is 12.9 Å². The zero-order chi connectivity index (χ0) is 19.9. The highest BCUT2D eigenvalue weighted by Crippen LogP contribution is 2.24. The molecule has 2 aliphatic rings. The highest BCUT2D eigenvalue weighted by atomic mass is 35.5. The van der Waals surface area contributed by atoms with Crippen molar-refractivity contribution in [3.8, 4) is 0 Å². The number of halogens is 1. The van der Waals surface area contributed by atoms with Gasteiger partial charge in [-0.15, -0.1) is 5.10 Å². The first kappa shape index (κ1) is 19.4. The molecule has 2 aliphatic heterocycles. The Morgan fingerprint density at radius 3 is 2.46 bits per heavy atom. The molecule has 0 aliphatic carbocycles. The molecule has 12 heteroatoms. The molecule has 2 saturated heterocycles. The SMILES string of the molecule is CS(=O)(=O)N1CCN(C(=O)c2cc3c(N4CCOCC4)nc(Cl)nn3c2)CC1. The molecular weight excluding hydrogens is 408 g/mol. The summed E-state index contributed by atoms with van der Waals surface area (Å²) in [6, 6.07) is 1.76. The van der Waals surface area contributed by atoms with Crippen molar-refractivity contribution >= 4 is 38.9 Å². The number of aromatic nitrogens is 3. The molecule has 4 rings (SSSR count). The molecular formula is C16H21ClN6O4S. The van der Waals surface area contributed by atoms with Crippen molar-refractivity contribution in [3.63, 3.8) is 0 Å². The van der Waals surface area contributed by atoms with E-state index in [9.17, 15) is 13.2 Å². The van der Waals surface area contributed by atoms with Gasteiger partial charge in [0.05, 0.1) is 25.0 Å². The molecule has 0 spiro atoms. The van der Waals surface area contributed by atoms with Gasteiger partial charge in [0, 0.05) is 45.5 Å². The molecule has 0 aromatic carbocycles. The van der Waals surface area contributed by atoms with Crippen molar-refractivity contribution in [1.29, 1.82) is 0 Å². The van der Waals surface area contributed by atoms with Gasteiger partial charge in [-0.1, -0.05) is 0 Å². The van der Waals surface area contributed by atoms with Gasteiger partial charge in [-0.2, -0.15) is 9.29 Å². The summed E-state index contributed by atoms with van der Waals surface area (Å²) in [5.41, 5.74) is 1.17. The summed E-state index contributed by atoms with van der Waals surface area (Å²) >= 11 is 6.08. The first-order valence-corrected chi connectivity index (χ1v) is 11.2. The maximum absolute atomic E-state index is 12.9. The minimum Gasteiger partial charge on any atom is -0.378 e. The van der Waals surface area contributed by atoms with Crippen molar-refractivity contribution in [3.05, 3.63) is 23.1 Å². The molecule has 0 radical (unpaired) electrons. The minimum atomic E-state index is -3.24. The molecule has 4 heterocycles. The number of nitrogens with zero attached hydrogens (tertiary/aromatic N) is 6. The van der Waals surface area contributed by atoms with Crippen molar-refractivity contribution in [2.24, 2.45) is 0 Å². The van der Waals surface area contributed by atoms with E-state index in [1.165, 1.54) is 10.6 Å². The van der Waals surface area contributed by atoms with Crippen LogP contribution in [0.5, 0.6) is 0 Å². The van der Waals surface area contributed by atoms with Crippen LogP contribution in [0.25, 0.3) is 5.52 Å². The van der Waals surface area contributed by atoms with Gasteiger partial charge in [0.2, 0.25) is 15.3 Å². The Balaban J connectivity index is 1.58. The molecule has 1 amide bonds. The van der Waals surface area contributed by atoms with E-state index in [2.05, 4.69) is 15.0 Å². The van der Waals surface area contributed by atoms with E-state index < -0.39 is 10.0 Å². The van der Waals surface area contributed by atoms with Gasteiger partial charge in [-0.3, -0.25) is 4.79 Å². The summed E-state index contributed by atoms with van der Waals surface area (Å²) in [5.74, 6) is 0.506. The van der Waals surface area contributed by atoms with Gasteiger partial charge in [0.25, 0.3) is 5.91 Å². The highest BCUT2D eigenvalue weighted by molar-refractivity contribution is 7.88. The fourth-order valence-electron chi connectivity index (χ4n) is 3.49. The lowest BCUT2D eigenvalue weighted by Crippen LogP contribution is -2.50. The van der Waals surface area contributed by atoms with Crippen molar-refractivity contribution in [2.75, 3.05) is 63.6 Å². The van der Waals surface area contributed by atoms with Crippen molar-refractivity contribution in [2.45, 2.75) is 0 Å². The number of anilines is 1. The Labute approximate surface area is 167 Å². The molecule has 28 heavy (non-hydrogen) atoms. The normalized spacial score (nSPS) is 19.4. The zero-order valence-electron chi connectivity index (χ0n) is 15.4. The Kier molecular flexibility index (Phi) is 5.17. The lowest BCUT2D eigenvalue weighted by molar-refractivity contribution is 0.0698. The molecule has 0 bridgehead atoms. The van der Waals surface area contributed by atoms with E-state index in [0.717, 1.165) is 0 Å². The van der Waals surface area contributed by atoms with Crippen LogP contribution in [0.15, 0.2) is 12.3 Å². The van der Waals surface area contributed by atoms with Gasteiger partial charge < -0.3 is 14.5 Å². The summed E-state index contributed by atoms with van der Waals surface area (Å²) in [7, 11) is -3.24. The lowest BCUT2D eigenvalue weighted by atomic mass is 10.2. The minimum absolute atomic E-state index is 0.102. The molecule has 2 fully saturated rings. The van der Waals surface area contributed by atoms with Crippen LogP contribution in [0, 0.1) is 0 Å². The number of sulfonamides is 1. The quantitative estimate of drug-likeness (QED) is 0.674. The van der Waals surface area contributed by atoms with Crippen LogP contribution in [0.4, 0.5) is 5.82 Å². The first-order valence-electron chi connectivity index (χ1n) is 8.96. The molecule has 152 valence electrons. The second-order valence-electron chi connectivity index (χ2n) is 6.82. The smallest absolute Gasteiger partial charge is 0.255 e. The van der Waals surface area contributed by atoms with Gasteiger partial charge in [0.15, 0.2) is 5.82 Å². The highest BCUT2D eigenvalue weighted by Gasteiger charge is 2.28. The number of carbonyl (C=O) groups is 1. The van der Waals surface area contributed by atoms with Crippen LogP contribution in [-0.2, 0) is 14.8 Å². The van der Waals surface area contributed by atoms with Crippen LogP contribution < -0.4 is 4.90 Å².